The summed E-state index contributed by atoms with van der Waals surface area (Å²) < 4.78 is 63.0. The molecule has 30 heavy (non-hydrogen) atoms. The van der Waals surface area contributed by atoms with Crippen LogP contribution in [0.25, 0.3) is 5.65 Å². The molecule has 0 N–H and O–H groups in total. The molecule has 1 fully saturated rings. The first kappa shape index (κ1) is 14.6. The minimum Gasteiger partial charge on any atom is -0.487 e. The summed E-state index contributed by atoms with van der Waals surface area (Å²) >= 11 is 0. The molecule has 0 aliphatic carbocycles. The lowest BCUT2D eigenvalue weighted by Crippen LogP contribution is -2.47. The molecule has 2 atom stereocenters. The number of benzene rings is 1. The average molecular weight is 416 g/mol. The lowest BCUT2D eigenvalue weighted by Gasteiger charge is -2.36. The third-order valence-electron chi connectivity index (χ3n) is 5.09. The van der Waals surface area contributed by atoms with Crippen LogP contribution in [0.5, 0.6) is 17.2 Å². The number of piperidine rings is 1. The zero-order chi connectivity index (χ0) is 24.3. The van der Waals surface area contributed by atoms with Crippen molar-refractivity contribution in [1.82, 2.24) is 14.6 Å². The van der Waals surface area contributed by atoms with E-state index in [4.69, 9.17) is 19.7 Å². The van der Waals surface area contributed by atoms with Crippen molar-refractivity contribution in [3.63, 3.8) is 0 Å². The van der Waals surface area contributed by atoms with Gasteiger partial charge in [-0.05, 0) is 30.7 Å². The zero-order valence-electron chi connectivity index (χ0n) is 20.0. The highest BCUT2D eigenvalue weighted by Crippen LogP contribution is 2.35. The van der Waals surface area contributed by atoms with Crippen molar-refractivity contribution >= 4 is 11.5 Å². The Morgan fingerprint density at radius 2 is 2.07 bits per heavy atom. The van der Waals surface area contributed by atoms with E-state index in [2.05, 4.69) is 10.1 Å². The minimum absolute atomic E-state index is 0.00628. The fraction of sp³-hybridized carbons (Fsp3) is 0.381. The maximum atomic E-state index is 15.1. The Hall–Kier alpha value is -3.36. The number of aromatic nitrogens is 3. The van der Waals surface area contributed by atoms with Gasteiger partial charge in [0.2, 0.25) is 0 Å². The van der Waals surface area contributed by atoms with Crippen LogP contribution in [0, 0.1) is 6.92 Å². The van der Waals surface area contributed by atoms with E-state index in [1.54, 1.807) is 11.0 Å². The number of hydrogen-bond donors (Lipinski definition) is 0. The molecule has 3 aromatic rings. The molecule has 0 amide bonds. The summed E-state index contributed by atoms with van der Waals surface area (Å²) in [4.78, 5) is 18.0. The summed E-state index contributed by atoms with van der Waals surface area (Å²) in [7, 11) is 0. The van der Waals surface area contributed by atoms with Gasteiger partial charge in [0.25, 0.3) is 5.56 Å². The van der Waals surface area contributed by atoms with E-state index in [1.807, 2.05) is 6.92 Å². The SMILES string of the molecule is [2H]C1([2H])Oc2ccc(O[C@H]3CCN(c4nn5c(=O)ccnc5cc4C)C[C@@H]3F)cc2OC1([2H])[2H]. The molecule has 2 aliphatic rings. The maximum Gasteiger partial charge on any atom is 0.274 e. The first-order valence-electron chi connectivity index (χ1n) is 11.5. The first-order valence-corrected chi connectivity index (χ1v) is 9.47. The molecule has 156 valence electrons. The molecule has 2 aliphatic heterocycles. The predicted octanol–water partition coefficient (Wildman–Crippen LogP) is 2.16. The van der Waals surface area contributed by atoms with Gasteiger partial charge >= 0.3 is 0 Å². The second kappa shape index (κ2) is 7.47. The predicted molar refractivity (Wildman–Crippen MR) is 108 cm³/mol. The Morgan fingerprint density at radius 3 is 2.90 bits per heavy atom. The van der Waals surface area contributed by atoms with Crippen molar-refractivity contribution in [3.8, 4) is 17.2 Å². The van der Waals surface area contributed by atoms with Gasteiger partial charge in [0.05, 0.1) is 12.0 Å². The third kappa shape index (κ3) is 3.40. The van der Waals surface area contributed by atoms with Crippen LogP contribution in [0.2, 0.25) is 0 Å². The van der Waals surface area contributed by atoms with Crippen LogP contribution in [-0.4, -0.2) is 53.1 Å². The van der Waals surface area contributed by atoms with Gasteiger partial charge in [-0.3, -0.25) is 4.79 Å². The molecule has 8 nitrogen and oxygen atoms in total. The molecule has 9 heteroatoms. The molecule has 0 bridgehead atoms. The Kier molecular flexibility index (Phi) is 3.64. The van der Waals surface area contributed by atoms with Gasteiger partial charge in [0, 0.05) is 31.3 Å². The molecule has 0 unspecified atom stereocenters. The number of anilines is 1. The molecule has 4 heterocycles. The van der Waals surface area contributed by atoms with E-state index in [9.17, 15) is 4.79 Å². The van der Waals surface area contributed by atoms with Gasteiger partial charge in [0.1, 0.15) is 25.0 Å². The number of hydrogen-bond acceptors (Lipinski definition) is 7. The molecule has 2 aromatic heterocycles. The molecule has 0 spiro atoms. The Labute approximate surface area is 177 Å². The van der Waals surface area contributed by atoms with Gasteiger partial charge in [-0.1, -0.05) is 0 Å². The van der Waals surface area contributed by atoms with Gasteiger partial charge in [-0.2, -0.15) is 4.52 Å². The third-order valence-corrected chi connectivity index (χ3v) is 5.09. The number of alkyl halides is 1. The Morgan fingerprint density at radius 1 is 1.23 bits per heavy atom. The highest BCUT2D eigenvalue weighted by molar-refractivity contribution is 5.53. The van der Waals surface area contributed by atoms with E-state index < -0.39 is 25.4 Å². The van der Waals surface area contributed by atoms with E-state index in [0.29, 0.717) is 24.4 Å². The summed E-state index contributed by atoms with van der Waals surface area (Å²) in [6, 6.07) is 7.29. The normalized spacial score (nSPS) is 26.3. The molecule has 0 saturated carbocycles. The van der Waals surface area contributed by atoms with Crippen molar-refractivity contribution in [2.45, 2.75) is 25.6 Å². The lowest BCUT2D eigenvalue weighted by molar-refractivity contribution is 0.0809. The fourth-order valence-electron chi connectivity index (χ4n) is 3.62. The maximum absolute atomic E-state index is 15.1. The van der Waals surface area contributed by atoms with Gasteiger partial charge in [-0.15, -0.1) is 5.10 Å². The monoisotopic (exact) mass is 416 g/mol. The fourth-order valence-corrected chi connectivity index (χ4v) is 3.62. The topological polar surface area (TPSA) is 78.2 Å². The van der Waals surface area contributed by atoms with Gasteiger partial charge < -0.3 is 19.1 Å². The number of ether oxygens (including phenoxy) is 3. The van der Waals surface area contributed by atoms with E-state index in [1.165, 1.54) is 35.0 Å². The van der Waals surface area contributed by atoms with Crippen molar-refractivity contribution in [1.29, 1.82) is 0 Å². The van der Waals surface area contributed by atoms with Crippen LogP contribution >= 0.6 is 0 Å². The van der Waals surface area contributed by atoms with Crippen LogP contribution in [-0.2, 0) is 0 Å². The smallest absolute Gasteiger partial charge is 0.274 e. The number of nitrogens with zero attached hydrogens (tertiary/aromatic N) is 4. The molecule has 0 radical (unpaired) electrons. The minimum atomic E-state index is -2.70. The summed E-state index contributed by atoms with van der Waals surface area (Å²) in [6.07, 6.45) is -0.390. The first-order chi connectivity index (χ1) is 16.0. The quantitative estimate of drug-likeness (QED) is 0.648. The number of halogens is 1. The molecule has 1 aromatic carbocycles. The van der Waals surface area contributed by atoms with E-state index >= 15 is 4.39 Å². The standard InChI is InChI=1S/C21H21FN4O4/c1-13-10-19-23-6-4-20(27)26(19)24-21(13)25-7-5-16(15(22)12-25)30-14-2-3-17-18(11-14)29-9-8-28-17/h2-4,6,10-11,15-16H,5,7-9,12H2,1H3/t15-,16-/m0/s1/i8D2,9D2. The summed E-state index contributed by atoms with van der Waals surface area (Å²) in [5.74, 6) is 0.751. The van der Waals surface area contributed by atoms with Crippen molar-refractivity contribution in [2.24, 2.45) is 0 Å². The zero-order valence-corrected chi connectivity index (χ0v) is 16.0. The van der Waals surface area contributed by atoms with Crippen molar-refractivity contribution < 1.29 is 24.1 Å². The second-order valence-corrected chi connectivity index (χ2v) is 7.13. The van der Waals surface area contributed by atoms with Crippen molar-refractivity contribution in [2.75, 3.05) is 31.1 Å². The summed E-state index contributed by atoms with van der Waals surface area (Å²) in [5, 5.41) is 4.38. The van der Waals surface area contributed by atoms with E-state index in [-0.39, 0.29) is 29.4 Å². The average Bonchev–Trinajstić information content (AvgIpc) is 2.75. The largest absolute Gasteiger partial charge is 0.487 e. The number of rotatable bonds is 3. The second-order valence-electron chi connectivity index (χ2n) is 7.13. The number of fused-ring (bicyclic) bond motifs is 2. The number of aryl methyl sites for hydroxylation is 1. The molecular formula is C21H21FN4O4. The van der Waals surface area contributed by atoms with Gasteiger partial charge in [-0.25, -0.2) is 9.37 Å². The highest BCUT2D eigenvalue weighted by atomic mass is 19.1. The molecule has 1 saturated heterocycles. The van der Waals surface area contributed by atoms with Crippen molar-refractivity contribution in [3.05, 3.63) is 52.4 Å². The Balaban J connectivity index is 1.31. The lowest BCUT2D eigenvalue weighted by atomic mass is 10.1. The van der Waals surface area contributed by atoms with Crippen LogP contribution in [0.4, 0.5) is 10.2 Å². The highest BCUT2D eigenvalue weighted by Gasteiger charge is 2.32. The van der Waals surface area contributed by atoms with Crippen LogP contribution < -0.4 is 24.7 Å². The van der Waals surface area contributed by atoms with Crippen LogP contribution in [0.15, 0.2) is 41.3 Å². The van der Waals surface area contributed by atoms with Crippen LogP contribution in [0.1, 0.15) is 17.5 Å². The van der Waals surface area contributed by atoms with Crippen LogP contribution in [0.3, 0.4) is 0 Å². The molecular weight excluding hydrogens is 391 g/mol. The van der Waals surface area contributed by atoms with E-state index in [0.717, 1.165) is 5.56 Å². The molecule has 5 rings (SSSR count). The Bertz CT molecular complexity index is 1320. The van der Waals surface area contributed by atoms with Gasteiger partial charge in [0.15, 0.2) is 29.1 Å². The summed E-state index contributed by atoms with van der Waals surface area (Å²) in [5.41, 5.74) is 0.864. The summed E-state index contributed by atoms with van der Waals surface area (Å²) in [6.45, 7) is -3.09.